The van der Waals surface area contributed by atoms with Gasteiger partial charge in [0.05, 0.1) is 23.4 Å². The summed E-state index contributed by atoms with van der Waals surface area (Å²) in [5.41, 5.74) is 1.17. The molecule has 0 fully saturated rings. The maximum atomic E-state index is 12.3. The fraction of sp³-hybridized carbons (Fsp3) is 0.133. The minimum atomic E-state index is -0.436. The van der Waals surface area contributed by atoms with E-state index in [4.69, 9.17) is 27.9 Å². The molecule has 0 atom stereocenters. The quantitative estimate of drug-likeness (QED) is 0.822. The molecule has 8 heteroatoms. The van der Waals surface area contributed by atoms with E-state index in [9.17, 15) is 9.59 Å². The van der Waals surface area contributed by atoms with Gasteiger partial charge in [-0.2, -0.15) is 0 Å². The van der Waals surface area contributed by atoms with E-state index in [0.29, 0.717) is 17.1 Å². The van der Waals surface area contributed by atoms with Crippen LogP contribution in [0.15, 0.2) is 30.5 Å². The fourth-order valence-corrected chi connectivity index (χ4v) is 2.10. The average molecular weight is 354 g/mol. The SMILES string of the molecule is COc1ccc(NC(C)=O)cc1NC(=O)c1cnc(Cl)c(Cl)c1. The molecule has 0 bridgehead atoms. The van der Waals surface area contributed by atoms with E-state index >= 15 is 0 Å². The Bertz CT molecular complexity index is 766. The summed E-state index contributed by atoms with van der Waals surface area (Å²) in [7, 11) is 1.48. The fourth-order valence-electron chi connectivity index (χ4n) is 1.83. The van der Waals surface area contributed by atoms with Crippen LogP contribution in [0.5, 0.6) is 5.75 Å². The van der Waals surface area contributed by atoms with Crippen molar-refractivity contribution >= 4 is 46.4 Å². The Morgan fingerprint density at radius 2 is 1.91 bits per heavy atom. The third-order valence-electron chi connectivity index (χ3n) is 2.83. The van der Waals surface area contributed by atoms with Gasteiger partial charge in [0.1, 0.15) is 10.9 Å². The van der Waals surface area contributed by atoms with Crippen molar-refractivity contribution in [3.05, 3.63) is 46.2 Å². The molecule has 0 aliphatic heterocycles. The molecule has 0 aliphatic carbocycles. The summed E-state index contributed by atoms with van der Waals surface area (Å²) in [6.45, 7) is 1.39. The van der Waals surface area contributed by atoms with E-state index in [1.807, 2.05) is 0 Å². The first-order valence-electron chi connectivity index (χ1n) is 6.48. The molecule has 0 spiro atoms. The first-order valence-corrected chi connectivity index (χ1v) is 7.24. The Hall–Kier alpha value is -2.31. The molecule has 0 saturated carbocycles. The molecule has 2 amide bonds. The Labute approximate surface area is 142 Å². The highest BCUT2D eigenvalue weighted by molar-refractivity contribution is 6.41. The number of hydrogen-bond acceptors (Lipinski definition) is 4. The van der Waals surface area contributed by atoms with Gasteiger partial charge < -0.3 is 15.4 Å². The number of pyridine rings is 1. The number of nitrogens with zero attached hydrogens (tertiary/aromatic N) is 1. The van der Waals surface area contributed by atoms with E-state index in [1.54, 1.807) is 18.2 Å². The van der Waals surface area contributed by atoms with Crippen LogP contribution in [0, 0.1) is 0 Å². The predicted molar refractivity (Wildman–Crippen MR) is 89.5 cm³/mol. The van der Waals surface area contributed by atoms with Crippen LogP contribution in [0.1, 0.15) is 17.3 Å². The van der Waals surface area contributed by atoms with Crippen LogP contribution in [0.2, 0.25) is 10.2 Å². The average Bonchev–Trinajstić information content (AvgIpc) is 2.49. The van der Waals surface area contributed by atoms with E-state index in [1.165, 1.54) is 26.3 Å². The number of halogens is 2. The molecular weight excluding hydrogens is 341 g/mol. The van der Waals surface area contributed by atoms with Gasteiger partial charge in [-0.3, -0.25) is 9.59 Å². The zero-order valence-electron chi connectivity index (χ0n) is 12.3. The minimum Gasteiger partial charge on any atom is -0.495 e. The summed E-state index contributed by atoms with van der Waals surface area (Å²) >= 11 is 11.6. The summed E-state index contributed by atoms with van der Waals surface area (Å²) < 4.78 is 5.19. The van der Waals surface area contributed by atoms with Crippen molar-refractivity contribution in [3.63, 3.8) is 0 Å². The van der Waals surface area contributed by atoms with Gasteiger partial charge in [-0.25, -0.2) is 4.98 Å². The number of methoxy groups -OCH3 is 1. The Kier molecular flexibility index (Phi) is 5.41. The molecule has 0 radical (unpaired) electrons. The number of amides is 2. The van der Waals surface area contributed by atoms with Crippen LogP contribution < -0.4 is 15.4 Å². The van der Waals surface area contributed by atoms with E-state index < -0.39 is 5.91 Å². The summed E-state index contributed by atoms with van der Waals surface area (Å²) in [6, 6.07) is 6.30. The van der Waals surface area contributed by atoms with Gasteiger partial charge in [-0.15, -0.1) is 0 Å². The monoisotopic (exact) mass is 353 g/mol. The zero-order chi connectivity index (χ0) is 17.0. The summed E-state index contributed by atoms with van der Waals surface area (Å²) in [6.07, 6.45) is 1.31. The molecule has 0 saturated heterocycles. The number of carbonyl (C=O) groups excluding carboxylic acids is 2. The number of carbonyl (C=O) groups is 2. The third-order valence-corrected chi connectivity index (χ3v) is 3.51. The van der Waals surface area contributed by atoms with E-state index in [-0.39, 0.29) is 21.6 Å². The predicted octanol–water partition coefficient (Wildman–Crippen LogP) is 3.61. The smallest absolute Gasteiger partial charge is 0.257 e. The topological polar surface area (TPSA) is 80.3 Å². The summed E-state index contributed by atoms with van der Waals surface area (Å²) in [5, 5.41) is 5.61. The van der Waals surface area contributed by atoms with Crippen LogP contribution in [-0.2, 0) is 4.79 Å². The normalized spacial score (nSPS) is 10.1. The molecule has 1 aromatic carbocycles. The molecule has 1 aromatic heterocycles. The first-order chi connectivity index (χ1) is 10.9. The third kappa shape index (κ3) is 4.34. The number of aromatic nitrogens is 1. The Balaban J connectivity index is 2.28. The molecule has 2 N–H and O–H groups in total. The van der Waals surface area contributed by atoms with Gasteiger partial charge in [0.15, 0.2) is 0 Å². The highest BCUT2D eigenvalue weighted by atomic mass is 35.5. The van der Waals surface area contributed by atoms with Crippen LogP contribution in [-0.4, -0.2) is 23.9 Å². The van der Waals surface area contributed by atoms with Gasteiger partial charge in [0.2, 0.25) is 5.91 Å². The second-order valence-corrected chi connectivity index (χ2v) is 5.31. The largest absolute Gasteiger partial charge is 0.495 e. The second-order valence-electron chi connectivity index (χ2n) is 4.55. The molecule has 6 nitrogen and oxygen atoms in total. The van der Waals surface area contributed by atoms with Gasteiger partial charge >= 0.3 is 0 Å². The standard InChI is InChI=1S/C15H13Cl2N3O3/c1-8(21)19-10-3-4-13(23-2)12(6-10)20-15(22)9-5-11(16)14(17)18-7-9/h3-7H,1-2H3,(H,19,21)(H,20,22). The van der Waals surface area contributed by atoms with Gasteiger partial charge in [0.25, 0.3) is 5.91 Å². The van der Waals surface area contributed by atoms with Crippen LogP contribution in [0.4, 0.5) is 11.4 Å². The highest BCUT2D eigenvalue weighted by Crippen LogP contribution is 2.28. The van der Waals surface area contributed by atoms with Crippen molar-refractivity contribution in [2.45, 2.75) is 6.92 Å². The maximum Gasteiger partial charge on any atom is 0.257 e. The van der Waals surface area contributed by atoms with E-state index in [2.05, 4.69) is 15.6 Å². The lowest BCUT2D eigenvalue weighted by molar-refractivity contribution is -0.114. The lowest BCUT2D eigenvalue weighted by Crippen LogP contribution is -2.14. The van der Waals surface area contributed by atoms with Gasteiger partial charge in [-0.1, -0.05) is 23.2 Å². The maximum absolute atomic E-state index is 12.3. The number of hydrogen-bond donors (Lipinski definition) is 2. The van der Waals surface area contributed by atoms with Gasteiger partial charge in [0, 0.05) is 18.8 Å². The molecule has 1 heterocycles. The molecule has 0 unspecified atom stereocenters. The summed E-state index contributed by atoms with van der Waals surface area (Å²) in [4.78, 5) is 27.2. The van der Waals surface area contributed by atoms with Crippen molar-refractivity contribution in [3.8, 4) is 5.75 Å². The number of ether oxygens (including phenoxy) is 1. The van der Waals surface area contributed by atoms with Crippen LogP contribution >= 0.6 is 23.2 Å². The summed E-state index contributed by atoms with van der Waals surface area (Å²) in [5.74, 6) is -0.212. The number of nitrogens with one attached hydrogen (secondary N) is 2. The Morgan fingerprint density at radius 3 is 2.52 bits per heavy atom. The number of rotatable bonds is 4. The van der Waals surface area contributed by atoms with Crippen LogP contribution in [0.3, 0.4) is 0 Å². The minimum absolute atomic E-state index is 0.119. The second kappa shape index (κ2) is 7.30. The molecule has 2 rings (SSSR count). The van der Waals surface area contributed by atoms with Crippen molar-refractivity contribution in [2.75, 3.05) is 17.7 Å². The molecular formula is C15H13Cl2N3O3. The number of anilines is 2. The molecule has 23 heavy (non-hydrogen) atoms. The number of benzene rings is 1. The zero-order valence-corrected chi connectivity index (χ0v) is 13.8. The van der Waals surface area contributed by atoms with Crippen LogP contribution in [0.25, 0.3) is 0 Å². The lowest BCUT2D eigenvalue weighted by atomic mass is 10.2. The van der Waals surface area contributed by atoms with Crippen molar-refractivity contribution in [1.82, 2.24) is 4.98 Å². The molecule has 2 aromatic rings. The molecule has 0 aliphatic rings. The van der Waals surface area contributed by atoms with Crippen molar-refractivity contribution in [2.24, 2.45) is 0 Å². The first kappa shape index (κ1) is 17.1. The molecule has 120 valence electrons. The highest BCUT2D eigenvalue weighted by Gasteiger charge is 2.13. The van der Waals surface area contributed by atoms with Gasteiger partial charge in [-0.05, 0) is 24.3 Å². The Morgan fingerprint density at radius 1 is 1.17 bits per heavy atom. The van der Waals surface area contributed by atoms with E-state index in [0.717, 1.165) is 0 Å². The van der Waals surface area contributed by atoms with Crippen molar-refractivity contribution in [1.29, 1.82) is 0 Å². The van der Waals surface area contributed by atoms with Crippen molar-refractivity contribution < 1.29 is 14.3 Å². The lowest BCUT2D eigenvalue weighted by Gasteiger charge is -2.12.